The van der Waals surface area contributed by atoms with Gasteiger partial charge in [0.05, 0.1) is 61.7 Å². The molecule has 6 aromatic carbocycles. The Kier molecular flexibility index (Phi) is 29.7. The molecule has 0 spiro atoms. The minimum atomic E-state index is -1.16. The first-order valence-corrected chi connectivity index (χ1v) is 44.7. The summed E-state index contributed by atoms with van der Waals surface area (Å²) in [5.41, 5.74) is 12.5. The molecule has 2 fully saturated rings. The zero-order chi connectivity index (χ0) is 87.1. The van der Waals surface area contributed by atoms with Crippen LogP contribution in [-0.2, 0) is 38.1 Å². The minimum Gasteiger partial charge on any atom is -0.479 e. The van der Waals surface area contributed by atoms with E-state index in [0.717, 1.165) is 184 Å². The molecular formula is C92H105Cl4N13O9S3. The second-order valence-corrected chi connectivity index (χ2v) is 37.6. The number of nitrogens with zero attached hydrogens (tertiary/aromatic N) is 13. The van der Waals surface area contributed by atoms with Crippen molar-refractivity contribution in [2.24, 2.45) is 0 Å². The van der Waals surface area contributed by atoms with Gasteiger partial charge in [-0.25, -0.2) is 59.2 Å². The first kappa shape index (κ1) is 91.4. The lowest BCUT2D eigenvalue weighted by Crippen LogP contribution is -2.50. The van der Waals surface area contributed by atoms with Crippen molar-refractivity contribution in [1.29, 1.82) is 0 Å². The Hall–Kier alpha value is -8.80. The van der Waals surface area contributed by atoms with Crippen molar-refractivity contribution in [3.8, 4) is 65.5 Å². The summed E-state index contributed by atoms with van der Waals surface area (Å²) in [6.45, 7) is 39.5. The number of carboxylic acids is 1. The van der Waals surface area contributed by atoms with Gasteiger partial charge < -0.3 is 38.6 Å². The van der Waals surface area contributed by atoms with Crippen LogP contribution in [0.25, 0.3) is 96.1 Å². The third-order valence-electron chi connectivity index (χ3n) is 21.1. The SMILES string of the molecule is CCC(CC)N1CCN(c2nccc(-c3nc4cc(C)c([C@H](OC(C)(C)C)C(=O)O)c(-c5ccc(Cl)cc5)c4s3)n2)CC1.CCC(CC)N1CCN(c2nccc(-c3nc4cc(C)c([C@H](OC(C)(C)C)C(=O)OC)c(-c5ccc(Cl)cc5)c4s3)n2)CC1.COC(=O)[C@@H](OC(C)(C)C)c1c(C)cc2nc(-c3ccnc(Cl)n3)sc2c1-c1ccc(Cl)cc1. The van der Waals surface area contributed by atoms with E-state index >= 15 is 0 Å². The van der Waals surface area contributed by atoms with Gasteiger partial charge in [-0.15, -0.1) is 34.0 Å². The lowest BCUT2D eigenvalue weighted by Gasteiger charge is -2.38. The predicted octanol–water partition coefficient (Wildman–Crippen LogP) is 22.4. The average molecular weight is 1770 g/mol. The van der Waals surface area contributed by atoms with Crippen LogP contribution in [0.2, 0.25) is 20.4 Å². The number of aliphatic carboxylic acids is 1. The van der Waals surface area contributed by atoms with Crippen LogP contribution in [0.15, 0.2) is 128 Å². The van der Waals surface area contributed by atoms with Gasteiger partial charge >= 0.3 is 17.9 Å². The van der Waals surface area contributed by atoms with Gasteiger partial charge in [0.15, 0.2) is 18.3 Å². The van der Waals surface area contributed by atoms with Crippen molar-refractivity contribution in [1.82, 2.24) is 54.7 Å². The molecule has 14 rings (SSSR count). The lowest BCUT2D eigenvalue weighted by molar-refractivity contribution is -0.164. The number of halogens is 4. The van der Waals surface area contributed by atoms with Crippen LogP contribution in [0.3, 0.4) is 0 Å². The predicted molar refractivity (Wildman–Crippen MR) is 491 cm³/mol. The molecule has 0 unspecified atom stereocenters. The molecule has 2 saturated heterocycles. The number of carbonyl (C=O) groups is 3. The van der Waals surface area contributed by atoms with E-state index in [1.807, 2.05) is 192 Å². The fraction of sp³-hybridized carbons (Fsp3) is 0.413. The van der Waals surface area contributed by atoms with Crippen LogP contribution in [0.5, 0.6) is 0 Å². The Morgan fingerprint density at radius 1 is 0.413 bits per heavy atom. The number of carboxylic acid groups (broad SMARTS) is 1. The molecule has 1 N–H and O–H groups in total. The van der Waals surface area contributed by atoms with E-state index in [2.05, 4.69) is 67.2 Å². The highest BCUT2D eigenvalue weighted by molar-refractivity contribution is 7.23. The van der Waals surface area contributed by atoms with E-state index < -0.39 is 53.0 Å². The molecule has 0 amide bonds. The molecule has 0 aliphatic carbocycles. The summed E-state index contributed by atoms with van der Waals surface area (Å²) in [5.74, 6) is -0.528. The lowest BCUT2D eigenvalue weighted by atomic mass is 9.91. The molecule has 22 nitrogen and oxygen atoms in total. The number of benzene rings is 6. The van der Waals surface area contributed by atoms with Crippen molar-refractivity contribution in [3.63, 3.8) is 0 Å². The third kappa shape index (κ3) is 21.9. The number of esters is 2. The van der Waals surface area contributed by atoms with Gasteiger partial charge in [0.1, 0.15) is 32.1 Å². The smallest absolute Gasteiger partial charge is 0.339 e. The fourth-order valence-electron chi connectivity index (χ4n) is 15.5. The fourth-order valence-corrected chi connectivity index (χ4v) is 19.3. The Balaban J connectivity index is 0.000000168. The van der Waals surface area contributed by atoms with Crippen molar-refractivity contribution in [3.05, 3.63) is 182 Å². The van der Waals surface area contributed by atoms with Crippen molar-refractivity contribution >= 4 is 141 Å². The molecule has 0 bridgehead atoms. The van der Waals surface area contributed by atoms with Crippen molar-refractivity contribution in [2.75, 3.05) is 76.4 Å². The van der Waals surface area contributed by atoms with Crippen LogP contribution >= 0.6 is 80.4 Å². The highest BCUT2D eigenvalue weighted by Gasteiger charge is 2.38. The molecule has 3 atom stereocenters. The monoisotopic (exact) mass is 1770 g/mol. The number of fused-ring (bicyclic) bond motifs is 3. The standard InChI is InChI=1S/C34H42ClN5O3S.C33H40ClN5O3S.C25H23Cl2N3O3S/c1-8-24(9-2)39-16-18-40(19-17-39)33-36-15-14-25(38-33)31-37-26-20-21(3)27(29(32(41)42-7)43-34(4,5)6)28(30(26)44-31)22-10-12-23(35)13-11-22;1-7-23(8-2)38-15-17-39(18-16-38)32-35-14-13-24(37-32)30-36-25-19-20(3)26(28(31(40)41)42-33(4,5)6)27(29(25)43-30)21-9-11-22(34)12-10-21;1-13-12-17-21(34-22(29-17)16-10-11-28-24(27)30-16)19(14-6-8-15(26)9-7-14)18(13)20(23(31)32-5)33-25(2,3)4/h10-15,20,24,29H,8-9,16-19H2,1-7H3;9-14,19,23,28H,7-8,15-18H2,1-6H3,(H,40,41);6-12,20H,1-5H3/t29-;28-;20-/m000/s1. The summed E-state index contributed by atoms with van der Waals surface area (Å²) < 4.78 is 31.8. The van der Waals surface area contributed by atoms with E-state index in [9.17, 15) is 19.5 Å². The minimum absolute atomic E-state index is 0.149. The molecule has 121 heavy (non-hydrogen) atoms. The molecule has 638 valence electrons. The van der Waals surface area contributed by atoms with Gasteiger partial charge in [-0.05, 0) is 227 Å². The maximum Gasteiger partial charge on any atom is 0.339 e. The number of ether oxygens (including phenoxy) is 5. The molecule has 29 heteroatoms. The van der Waals surface area contributed by atoms with E-state index in [1.54, 1.807) is 29.8 Å². The normalized spacial score (nSPS) is 14.6. The van der Waals surface area contributed by atoms with Crippen LogP contribution in [-0.4, -0.2) is 173 Å². The van der Waals surface area contributed by atoms with Crippen LogP contribution in [0, 0.1) is 20.8 Å². The van der Waals surface area contributed by atoms with Crippen molar-refractivity contribution < 1.29 is 43.2 Å². The topological polar surface area (TPSA) is 247 Å². The van der Waals surface area contributed by atoms with E-state index in [4.69, 9.17) is 95.0 Å². The number of thiazole rings is 3. The molecule has 2 aliphatic rings. The summed E-state index contributed by atoms with van der Waals surface area (Å²) in [4.78, 5) is 90.8. The Labute approximate surface area is 740 Å². The molecule has 12 aromatic rings. The summed E-state index contributed by atoms with van der Waals surface area (Å²) in [5, 5.41) is 14.6. The number of rotatable bonds is 23. The van der Waals surface area contributed by atoms with Gasteiger partial charge in [-0.1, -0.05) is 98.9 Å². The number of hydrogen-bond acceptors (Lipinski definition) is 24. The van der Waals surface area contributed by atoms with E-state index in [-0.39, 0.29) is 5.28 Å². The average Bonchev–Trinajstić information content (AvgIpc) is 1.64. The van der Waals surface area contributed by atoms with Gasteiger partial charge in [-0.3, -0.25) is 9.80 Å². The van der Waals surface area contributed by atoms with Gasteiger partial charge in [0.25, 0.3) is 0 Å². The molecule has 6 aromatic heterocycles. The summed E-state index contributed by atoms with van der Waals surface area (Å²) in [6.07, 6.45) is 6.85. The molecule has 8 heterocycles. The maximum atomic E-state index is 13.2. The Morgan fingerprint density at radius 2 is 0.702 bits per heavy atom. The molecule has 0 saturated carbocycles. The maximum absolute atomic E-state index is 13.2. The number of anilines is 2. The Bertz CT molecular complexity index is 5650. The highest BCUT2D eigenvalue weighted by Crippen LogP contribution is 2.49. The second-order valence-electron chi connectivity index (χ2n) is 33.0. The van der Waals surface area contributed by atoms with E-state index in [1.165, 1.54) is 49.7 Å². The number of hydrogen-bond donors (Lipinski definition) is 1. The van der Waals surface area contributed by atoms with Crippen LogP contribution in [0.1, 0.15) is 167 Å². The molecule has 2 aliphatic heterocycles. The third-order valence-corrected chi connectivity index (χ3v) is 25.4. The number of piperazine rings is 2. The van der Waals surface area contributed by atoms with Crippen molar-refractivity contribution in [2.45, 2.75) is 184 Å². The second kappa shape index (κ2) is 39.4. The molecular weight excluding hydrogens is 1670 g/mol. The quantitative estimate of drug-likeness (QED) is 0.0462. The number of methoxy groups -OCH3 is 2. The number of aromatic nitrogens is 9. The van der Waals surface area contributed by atoms with Gasteiger partial charge in [-0.2, -0.15) is 0 Å². The summed E-state index contributed by atoms with van der Waals surface area (Å²) >= 11 is 29.2. The van der Waals surface area contributed by atoms with E-state index in [0.29, 0.717) is 49.4 Å². The largest absolute Gasteiger partial charge is 0.479 e. The van der Waals surface area contributed by atoms with Gasteiger partial charge in [0, 0.05) is 131 Å². The number of carbonyl (C=O) groups excluding carboxylic acids is 2. The van der Waals surface area contributed by atoms with Gasteiger partial charge in [0.2, 0.25) is 17.2 Å². The first-order valence-electron chi connectivity index (χ1n) is 40.7. The zero-order valence-corrected chi connectivity index (χ0v) is 77.2. The molecule has 0 radical (unpaired) electrons. The van der Waals surface area contributed by atoms with Crippen LogP contribution < -0.4 is 9.80 Å². The van der Waals surface area contributed by atoms with Crippen LogP contribution in [0.4, 0.5) is 11.9 Å². The summed E-state index contributed by atoms with van der Waals surface area (Å²) in [7, 11) is 2.75. The number of aryl methyl sites for hydroxylation is 3. The highest BCUT2D eigenvalue weighted by atomic mass is 35.5. The summed E-state index contributed by atoms with van der Waals surface area (Å²) in [6, 6.07) is 35.3. The zero-order valence-electron chi connectivity index (χ0n) is 71.8. The first-order chi connectivity index (χ1) is 57.6. The Morgan fingerprint density at radius 3 is 0.983 bits per heavy atom.